The highest BCUT2D eigenvalue weighted by molar-refractivity contribution is 6.22. The third kappa shape index (κ3) is 1.58. The minimum atomic E-state index is -1.99. The molecule has 2 aliphatic heterocycles. The van der Waals surface area contributed by atoms with Gasteiger partial charge in [0.1, 0.15) is 11.6 Å². The molecule has 0 fully saturated rings. The van der Waals surface area contributed by atoms with Gasteiger partial charge in [0.15, 0.2) is 15.8 Å². The highest BCUT2D eigenvalue weighted by Crippen LogP contribution is 2.69. The summed E-state index contributed by atoms with van der Waals surface area (Å²) in [5.74, 6) is -0.999. The third-order valence-corrected chi connectivity index (χ3v) is 8.21. The minimum Gasteiger partial charge on any atom is -0.722 e. The summed E-state index contributed by atoms with van der Waals surface area (Å²) in [6, 6.07) is 15.1. The average molecular weight is 445 g/mol. The molecular weight excluding hydrogens is 430 g/mol. The van der Waals surface area contributed by atoms with Crippen LogP contribution in [0.3, 0.4) is 0 Å². The van der Waals surface area contributed by atoms with Gasteiger partial charge in [-0.3, -0.25) is 15.1 Å². The monoisotopic (exact) mass is 445 g/mol. The van der Waals surface area contributed by atoms with Crippen LogP contribution >= 0.6 is 0 Å². The Morgan fingerprint density at radius 2 is 1.61 bits per heavy atom. The Bertz CT molecular complexity index is 1400. The van der Waals surface area contributed by atoms with Crippen LogP contribution in [0.5, 0.6) is 0 Å². The Hall–Kier alpha value is -4.12. The van der Waals surface area contributed by atoms with Crippen LogP contribution in [-0.4, -0.2) is 32.0 Å². The van der Waals surface area contributed by atoms with E-state index < -0.39 is 27.2 Å². The normalized spacial score (nSPS) is 34.3. The van der Waals surface area contributed by atoms with Crippen molar-refractivity contribution in [2.24, 2.45) is 16.2 Å². The van der Waals surface area contributed by atoms with Crippen LogP contribution in [0, 0.1) is 26.1 Å². The molecule has 0 saturated carbocycles. The quantitative estimate of drug-likeness (QED) is 0.487. The van der Waals surface area contributed by atoms with Crippen LogP contribution < -0.4 is 0 Å². The van der Waals surface area contributed by atoms with Crippen molar-refractivity contribution in [1.82, 2.24) is 5.23 Å². The highest BCUT2D eigenvalue weighted by atomic mass is 17.0. The van der Waals surface area contributed by atoms with Crippen molar-refractivity contribution in [3.05, 3.63) is 102 Å². The lowest BCUT2D eigenvalue weighted by Gasteiger charge is -2.61. The molecule has 0 saturated heterocycles. The summed E-state index contributed by atoms with van der Waals surface area (Å²) in [6.45, 7) is 3.71. The van der Waals surface area contributed by atoms with Gasteiger partial charge in [-0.15, -0.1) is 0 Å². The maximum atomic E-state index is 13.3. The average Bonchev–Trinajstić information content (AvgIpc) is 3.38. The lowest BCUT2D eigenvalue weighted by atomic mass is 9.36. The molecule has 0 unspecified atom stereocenters. The van der Waals surface area contributed by atoms with Crippen molar-refractivity contribution in [3.63, 3.8) is 0 Å². The van der Waals surface area contributed by atoms with Gasteiger partial charge in [-0.25, -0.2) is 5.23 Å². The highest BCUT2D eigenvalue weighted by Gasteiger charge is 2.86. The summed E-state index contributed by atoms with van der Waals surface area (Å²) in [5, 5.41) is 33.9. The zero-order chi connectivity index (χ0) is 22.9. The Balaban J connectivity index is 1.75. The van der Waals surface area contributed by atoms with E-state index in [-0.39, 0.29) is 33.0 Å². The second-order valence-electron chi connectivity index (χ2n) is 9.17. The van der Waals surface area contributed by atoms with Crippen molar-refractivity contribution >= 4 is 11.4 Å². The first kappa shape index (κ1) is 18.5. The SMILES string of the molecule is CC12c3ccccc3C(C)(c3ccccc31)[C@@]1([N+](=O)[O-])C3=NO[N+](=O)C3=C3C(=NON3[O-])[C@@H]21. The van der Waals surface area contributed by atoms with Crippen molar-refractivity contribution in [1.29, 1.82) is 0 Å². The van der Waals surface area contributed by atoms with Crippen molar-refractivity contribution < 1.29 is 19.7 Å². The Morgan fingerprint density at radius 3 is 2.18 bits per heavy atom. The predicted octanol–water partition coefficient (Wildman–Crippen LogP) is 2.66. The number of hydrogen-bond acceptors (Lipinski definition) is 9. The first-order valence-corrected chi connectivity index (χ1v) is 10.3. The fraction of sp³-hybridized carbons (Fsp3) is 0.273. The van der Waals surface area contributed by atoms with Gasteiger partial charge in [0.05, 0.1) is 5.41 Å². The van der Waals surface area contributed by atoms with E-state index in [4.69, 9.17) is 9.88 Å². The number of oxime groups is 2. The first-order chi connectivity index (χ1) is 15.8. The molecule has 2 atom stereocenters. The van der Waals surface area contributed by atoms with Gasteiger partial charge in [-0.1, -0.05) is 60.6 Å². The Kier molecular flexibility index (Phi) is 2.94. The number of nitrogens with zero attached hydrogens (tertiary/aromatic N) is 5. The van der Waals surface area contributed by atoms with Gasteiger partial charge < -0.3 is 5.21 Å². The zero-order valence-electron chi connectivity index (χ0n) is 17.4. The van der Waals surface area contributed by atoms with E-state index in [0.717, 1.165) is 22.3 Å². The lowest BCUT2D eigenvalue weighted by molar-refractivity contribution is -0.758. The Labute approximate surface area is 185 Å². The van der Waals surface area contributed by atoms with Gasteiger partial charge in [-0.05, 0) is 39.0 Å². The molecular formula is C22H15N5O6. The van der Waals surface area contributed by atoms with Crippen LogP contribution in [-0.2, 0) is 20.7 Å². The van der Waals surface area contributed by atoms with Crippen LogP contribution in [0.15, 0.2) is 70.2 Å². The van der Waals surface area contributed by atoms with Crippen LogP contribution in [0.1, 0.15) is 36.1 Å². The van der Waals surface area contributed by atoms with Gasteiger partial charge in [0.2, 0.25) is 0 Å². The Morgan fingerprint density at radius 1 is 1.03 bits per heavy atom. The largest absolute Gasteiger partial charge is 0.722 e. The molecule has 0 spiro atoms. The van der Waals surface area contributed by atoms with E-state index in [1.165, 1.54) is 0 Å². The molecule has 0 N–H and O–H groups in total. The summed E-state index contributed by atoms with van der Waals surface area (Å²) < 4.78 is 0. The molecule has 11 nitrogen and oxygen atoms in total. The standard InChI is InChI=1S/C22H15N5O6/c1-20-11-7-3-5-9-13(11)21(2,14-10-6-4-8-12(14)20)22(27(30)31)18(20)15-16(25(28)32-23-15)17-19(22)24-33-26(17)29/h3-10,18H,1-2H3/t18-,20?,21?,22-/m0/s1. The molecule has 164 valence electrons. The third-order valence-electron chi connectivity index (χ3n) is 8.21. The number of rotatable bonds is 1. The second-order valence-corrected chi connectivity index (χ2v) is 9.17. The molecule has 2 bridgehead atoms. The molecule has 2 aromatic carbocycles. The number of nitro groups is 1. The van der Waals surface area contributed by atoms with E-state index in [1.807, 2.05) is 55.5 Å². The molecule has 2 aromatic rings. The van der Waals surface area contributed by atoms with E-state index >= 15 is 0 Å². The smallest absolute Gasteiger partial charge is 0.336 e. The van der Waals surface area contributed by atoms with Gasteiger partial charge in [0, 0.05) is 10.3 Å². The molecule has 33 heavy (non-hydrogen) atoms. The number of hydroxylamine groups is 2. The number of benzene rings is 2. The molecule has 6 aliphatic rings. The van der Waals surface area contributed by atoms with Crippen molar-refractivity contribution in [2.45, 2.75) is 30.2 Å². The van der Waals surface area contributed by atoms with E-state index in [2.05, 4.69) is 10.3 Å². The maximum absolute atomic E-state index is 13.3. The van der Waals surface area contributed by atoms with E-state index in [1.54, 1.807) is 6.92 Å². The molecule has 8 rings (SSSR count). The molecule has 0 amide bonds. The van der Waals surface area contributed by atoms with Crippen LogP contribution in [0.2, 0.25) is 0 Å². The number of allylic oxidation sites excluding steroid dienone is 1. The molecule has 0 aromatic heterocycles. The van der Waals surface area contributed by atoms with Gasteiger partial charge >= 0.3 is 16.9 Å². The fourth-order valence-electron chi connectivity index (χ4n) is 7.03. The summed E-state index contributed by atoms with van der Waals surface area (Å²) in [5.41, 5.74) is -1.67. The maximum Gasteiger partial charge on any atom is 0.336 e. The number of hydrogen-bond donors (Lipinski definition) is 0. The van der Waals surface area contributed by atoms with E-state index in [9.17, 15) is 20.2 Å². The minimum absolute atomic E-state index is 0.0209. The summed E-state index contributed by atoms with van der Waals surface area (Å²) in [7, 11) is 0. The summed E-state index contributed by atoms with van der Waals surface area (Å²) >= 11 is 0. The molecule has 11 heteroatoms. The lowest BCUT2D eigenvalue weighted by Crippen LogP contribution is -2.78. The fourth-order valence-corrected chi connectivity index (χ4v) is 7.03. The number of fused-ring (bicyclic) bond motifs is 2. The molecule has 4 aliphatic carbocycles. The van der Waals surface area contributed by atoms with Crippen LogP contribution in [0.25, 0.3) is 0 Å². The van der Waals surface area contributed by atoms with Gasteiger partial charge in [-0.2, -0.15) is 0 Å². The van der Waals surface area contributed by atoms with Crippen LogP contribution in [0.4, 0.5) is 0 Å². The van der Waals surface area contributed by atoms with Crippen molar-refractivity contribution in [3.8, 4) is 0 Å². The summed E-state index contributed by atoms with van der Waals surface area (Å²) in [4.78, 5) is 35.4. The van der Waals surface area contributed by atoms with E-state index in [0.29, 0.717) is 0 Å². The second kappa shape index (κ2) is 5.26. The zero-order valence-corrected chi connectivity index (χ0v) is 17.4. The van der Waals surface area contributed by atoms with Gasteiger partial charge in [0.25, 0.3) is 0 Å². The topological polar surface area (TPSA) is 133 Å². The molecule has 2 heterocycles. The first-order valence-electron chi connectivity index (χ1n) is 10.3. The van der Waals surface area contributed by atoms with Crippen molar-refractivity contribution in [2.75, 3.05) is 0 Å². The predicted molar refractivity (Wildman–Crippen MR) is 112 cm³/mol. The molecule has 0 radical (unpaired) electrons. The summed E-state index contributed by atoms with van der Waals surface area (Å²) in [6.07, 6.45) is 0.